The SMILES string of the molecule is C=C1CN(C(=O)OCc2ccccc2)CC1=O. The minimum atomic E-state index is -0.471. The summed E-state index contributed by atoms with van der Waals surface area (Å²) in [5, 5.41) is 0. The number of carbonyl (C=O) groups is 2. The van der Waals surface area contributed by atoms with Gasteiger partial charge in [0, 0.05) is 5.57 Å². The van der Waals surface area contributed by atoms with Gasteiger partial charge in [-0.05, 0) is 5.56 Å². The highest BCUT2D eigenvalue weighted by atomic mass is 16.6. The van der Waals surface area contributed by atoms with Crippen molar-refractivity contribution in [2.45, 2.75) is 6.61 Å². The lowest BCUT2D eigenvalue weighted by Crippen LogP contribution is -2.29. The number of ether oxygens (including phenoxy) is 1. The van der Waals surface area contributed by atoms with Gasteiger partial charge in [-0.15, -0.1) is 0 Å². The highest BCUT2D eigenvalue weighted by molar-refractivity contribution is 6.01. The van der Waals surface area contributed by atoms with Crippen LogP contribution in [0.3, 0.4) is 0 Å². The van der Waals surface area contributed by atoms with Crippen LogP contribution in [0.25, 0.3) is 0 Å². The fourth-order valence-corrected chi connectivity index (χ4v) is 1.60. The second-order valence-electron chi connectivity index (χ2n) is 3.92. The van der Waals surface area contributed by atoms with E-state index in [2.05, 4.69) is 6.58 Å². The van der Waals surface area contributed by atoms with Crippen LogP contribution in [0.5, 0.6) is 0 Å². The summed E-state index contributed by atoms with van der Waals surface area (Å²) in [6.07, 6.45) is -0.471. The molecule has 17 heavy (non-hydrogen) atoms. The van der Waals surface area contributed by atoms with Gasteiger partial charge < -0.3 is 4.74 Å². The van der Waals surface area contributed by atoms with Crippen LogP contribution < -0.4 is 0 Å². The largest absolute Gasteiger partial charge is 0.445 e. The summed E-state index contributed by atoms with van der Waals surface area (Å²) in [5.74, 6) is -0.0957. The first-order chi connectivity index (χ1) is 8.16. The summed E-state index contributed by atoms with van der Waals surface area (Å²) in [7, 11) is 0. The van der Waals surface area contributed by atoms with Gasteiger partial charge in [0.15, 0.2) is 5.78 Å². The molecule has 1 fully saturated rings. The molecule has 1 heterocycles. The van der Waals surface area contributed by atoms with Crippen molar-refractivity contribution in [1.29, 1.82) is 0 Å². The van der Waals surface area contributed by atoms with Gasteiger partial charge in [0.05, 0.1) is 13.1 Å². The van der Waals surface area contributed by atoms with Gasteiger partial charge in [-0.1, -0.05) is 36.9 Å². The molecule has 1 aromatic carbocycles. The number of benzene rings is 1. The monoisotopic (exact) mass is 231 g/mol. The number of nitrogens with zero attached hydrogens (tertiary/aromatic N) is 1. The molecular formula is C13H13NO3. The topological polar surface area (TPSA) is 46.6 Å². The zero-order valence-electron chi connectivity index (χ0n) is 9.39. The third-order valence-electron chi connectivity index (χ3n) is 2.57. The number of rotatable bonds is 2. The number of amides is 1. The van der Waals surface area contributed by atoms with Crippen molar-refractivity contribution >= 4 is 11.9 Å². The van der Waals surface area contributed by atoms with E-state index in [-0.39, 0.29) is 25.5 Å². The standard InChI is InChI=1S/C13H13NO3/c1-10-7-14(8-12(10)15)13(16)17-9-11-5-3-2-4-6-11/h2-6H,1,7-9H2. The van der Waals surface area contributed by atoms with E-state index in [1.165, 1.54) is 4.90 Å². The van der Waals surface area contributed by atoms with Gasteiger partial charge in [-0.2, -0.15) is 0 Å². The summed E-state index contributed by atoms with van der Waals surface area (Å²) in [5.41, 5.74) is 1.38. The molecule has 0 atom stereocenters. The number of ketones is 1. The molecule has 2 rings (SSSR count). The Hall–Kier alpha value is -2.10. The maximum Gasteiger partial charge on any atom is 0.410 e. The number of hydrogen-bond donors (Lipinski definition) is 0. The molecule has 1 amide bonds. The van der Waals surface area contributed by atoms with Crippen molar-refractivity contribution < 1.29 is 14.3 Å². The molecule has 1 aliphatic heterocycles. The average Bonchev–Trinajstić information content (AvgIpc) is 2.68. The smallest absolute Gasteiger partial charge is 0.410 e. The minimum Gasteiger partial charge on any atom is -0.445 e. The second-order valence-corrected chi connectivity index (χ2v) is 3.92. The average molecular weight is 231 g/mol. The van der Waals surface area contributed by atoms with Crippen molar-refractivity contribution in [2.75, 3.05) is 13.1 Å². The Kier molecular flexibility index (Phi) is 3.23. The van der Waals surface area contributed by atoms with Gasteiger partial charge in [-0.3, -0.25) is 9.69 Å². The van der Waals surface area contributed by atoms with E-state index in [9.17, 15) is 9.59 Å². The maximum atomic E-state index is 11.6. The third-order valence-corrected chi connectivity index (χ3v) is 2.57. The Balaban J connectivity index is 1.86. The van der Waals surface area contributed by atoms with E-state index in [0.717, 1.165) is 5.56 Å². The van der Waals surface area contributed by atoms with E-state index < -0.39 is 6.09 Å². The zero-order valence-corrected chi connectivity index (χ0v) is 9.39. The predicted octanol–water partition coefficient (Wildman–Crippen LogP) is 1.76. The molecule has 0 spiro atoms. The highest BCUT2D eigenvalue weighted by Crippen LogP contribution is 2.11. The van der Waals surface area contributed by atoms with E-state index in [0.29, 0.717) is 5.57 Å². The molecule has 1 aromatic rings. The first-order valence-corrected chi connectivity index (χ1v) is 5.33. The van der Waals surface area contributed by atoms with Crippen molar-refractivity contribution in [2.24, 2.45) is 0 Å². The molecule has 0 saturated carbocycles. The summed E-state index contributed by atoms with van der Waals surface area (Å²) < 4.78 is 5.10. The number of likely N-dealkylation sites (tertiary alicyclic amines) is 1. The van der Waals surface area contributed by atoms with Crippen LogP contribution in [-0.4, -0.2) is 29.9 Å². The Morgan fingerprint density at radius 1 is 1.29 bits per heavy atom. The molecule has 0 bridgehead atoms. The molecular weight excluding hydrogens is 218 g/mol. The molecule has 4 nitrogen and oxygen atoms in total. The van der Waals surface area contributed by atoms with Crippen LogP contribution in [0.1, 0.15) is 5.56 Å². The molecule has 1 saturated heterocycles. The van der Waals surface area contributed by atoms with Gasteiger partial charge in [0.25, 0.3) is 0 Å². The molecule has 1 aliphatic rings. The van der Waals surface area contributed by atoms with E-state index in [1.807, 2.05) is 30.3 Å². The van der Waals surface area contributed by atoms with Crippen molar-refractivity contribution in [3.05, 3.63) is 48.0 Å². The second kappa shape index (κ2) is 4.82. The summed E-state index contributed by atoms with van der Waals surface area (Å²) in [4.78, 5) is 24.2. The molecule has 0 aromatic heterocycles. The highest BCUT2D eigenvalue weighted by Gasteiger charge is 2.28. The summed E-state index contributed by atoms with van der Waals surface area (Å²) in [6, 6.07) is 9.41. The lowest BCUT2D eigenvalue weighted by Gasteiger charge is -2.13. The van der Waals surface area contributed by atoms with Gasteiger partial charge >= 0.3 is 6.09 Å². The first kappa shape index (κ1) is 11.4. The molecule has 0 unspecified atom stereocenters. The number of hydrogen-bond acceptors (Lipinski definition) is 3. The Bertz CT molecular complexity index is 437. The zero-order chi connectivity index (χ0) is 12.3. The summed E-state index contributed by atoms with van der Waals surface area (Å²) in [6.45, 7) is 4.15. The quantitative estimate of drug-likeness (QED) is 0.729. The minimum absolute atomic E-state index is 0.0758. The van der Waals surface area contributed by atoms with E-state index >= 15 is 0 Å². The Labute approximate surface area is 99.5 Å². The molecule has 0 N–H and O–H groups in total. The van der Waals surface area contributed by atoms with E-state index in [4.69, 9.17) is 4.74 Å². The van der Waals surface area contributed by atoms with Crippen LogP contribution >= 0.6 is 0 Å². The van der Waals surface area contributed by atoms with Crippen molar-refractivity contribution in [3.63, 3.8) is 0 Å². The fraction of sp³-hybridized carbons (Fsp3) is 0.231. The lowest BCUT2D eigenvalue weighted by atomic mass is 10.2. The Morgan fingerprint density at radius 3 is 2.59 bits per heavy atom. The van der Waals surface area contributed by atoms with Crippen LogP contribution in [-0.2, 0) is 16.1 Å². The predicted molar refractivity (Wildman–Crippen MR) is 62.3 cm³/mol. The van der Waals surface area contributed by atoms with Crippen molar-refractivity contribution in [1.82, 2.24) is 4.90 Å². The van der Waals surface area contributed by atoms with Gasteiger partial charge in [0.1, 0.15) is 6.61 Å². The lowest BCUT2D eigenvalue weighted by molar-refractivity contribution is -0.114. The maximum absolute atomic E-state index is 11.6. The fourth-order valence-electron chi connectivity index (χ4n) is 1.60. The molecule has 0 radical (unpaired) electrons. The molecule has 88 valence electrons. The van der Waals surface area contributed by atoms with E-state index in [1.54, 1.807) is 0 Å². The van der Waals surface area contributed by atoms with Crippen LogP contribution in [0, 0.1) is 0 Å². The number of Topliss-reactive ketones (excluding diaryl/α,β-unsaturated/α-hetero) is 1. The normalized spacial score (nSPS) is 15.2. The van der Waals surface area contributed by atoms with Crippen LogP contribution in [0.2, 0.25) is 0 Å². The molecule has 0 aliphatic carbocycles. The van der Waals surface area contributed by atoms with Crippen molar-refractivity contribution in [3.8, 4) is 0 Å². The molecule has 4 heteroatoms. The van der Waals surface area contributed by atoms with Crippen LogP contribution in [0.4, 0.5) is 4.79 Å². The third kappa shape index (κ3) is 2.72. The Morgan fingerprint density at radius 2 is 2.00 bits per heavy atom. The summed E-state index contributed by atoms with van der Waals surface area (Å²) >= 11 is 0. The number of carbonyl (C=O) groups excluding carboxylic acids is 2. The van der Waals surface area contributed by atoms with Gasteiger partial charge in [-0.25, -0.2) is 4.79 Å². The first-order valence-electron chi connectivity index (χ1n) is 5.33. The van der Waals surface area contributed by atoms with Gasteiger partial charge in [0.2, 0.25) is 0 Å². The van der Waals surface area contributed by atoms with Crippen LogP contribution in [0.15, 0.2) is 42.5 Å².